The van der Waals surface area contributed by atoms with Crippen LogP contribution in [0.3, 0.4) is 0 Å². The zero-order valence-electron chi connectivity index (χ0n) is 17.2. The van der Waals surface area contributed by atoms with Crippen molar-refractivity contribution in [3.8, 4) is 0 Å². The maximum absolute atomic E-state index is 12.3. The number of nitrogens with zero attached hydrogens (tertiary/aromatic N) is 4. The maximum Gasteiger partial charge on any atom is 0.490 e. The number of hydrogen-bond donors (Lipinski definition) is 7. The number of nitrogen functional groups attached to an aromatic ring is 1. The Labute approximate surface area is 190 Å². The summed E-state index contributed by atoms with van der Waals surface area (Å²) < 4.78 is 53.8. The van der Waals surface area contributed by atoms with Gasteiger partial charge in [0.2, 0.25) is 0 Å². The molecule has 0 aliphatic carbocycles. The van der Waals surface area contributed by atoms with Gasteiger partial charge in [0.25, 0.3) is 0 Å². The van der Waals surface area contributed by atoms with Crippen molar-refractivity contribution in [3.63, 3.8) is 0 Å². The van der Waals surface area contributed by atoms with E-state index in [2.05, 4.69) is 23.6 Å². The normalized spacial score (nSPS) is 28.0. The van der Waals surface area contributed by atoms with Gasteiger partial charge in [-0.2, -0.15) is 8.62 Å². The van der Waals surface area contributed by atoms with Crippen molar-refractivity contribution >= 4 is 40.4 Å². The van der Waals surface area contributed by atoms with Gasteiger partial charge in [0.1, 0.15) is 30.2 Å². The number of rotatable bonds is 10. The summed E-state index contributed by atoms with van der Waals surface area (Å²) in [6.07, 6.45) is -5.01. The van der Waals surface area contributed by atoms with Crippen molar-refractivity contribution in [2.45, 2.75) is 50.4 Å². The highest BCUT2D eigenvalue weighted by atomic mass is 31.3. The lowest BCUT2D eigenvalue weighted by atomic mass is 10.0. The van der Waals surface area contributed by atoms with E-state index in [1.54, 1.807) is 6.92 Å². The van der Waals surface area contributed by atoms with Gasteiger partial charge in [-0.15, -0.1) is 0 Å². The minimum absolute atomic E-state index is 0.0462. The summed E-state index contributed by atoms with van der Waals surface area (Å²) in [6, 6.07) is 0. The first-order chi connectivity index (χ1) is 15.6. The number of anilines is 1. The molecule has 192 valence electrons. The number of aromatic nitrogens is 4. The highest BCUT2D eigenvalue weighted by molar-refractivity contribution is 7.66. The Morgan fingerprint density at radius 2 is 1.76 bits per heavy atom. The average Bonchev–Trinajstić information content (AvgIpc) is 3.21. The van der Waals surface area contributed by atoms with Crippen molar-refractivity contribution < 1.29 is 61.4 Å². The van der Waals surface area contributed by atoms with E-state index in [-0.39, 0.29) is 29.8 Å². The van der Waals surface area contributed by atoms with Gasteiger partial charge in [-0.3, -0.25) is 9.09 Å². The largest absolute Gasteiger partial charge is 0.490 e. The third kappa shape index (κ3) is 6.25. The molecule has 3 unspecified atom stereocenters. The minimum Gasteiger partial charge on any atom is -0.387 e. The molecule has 0 amide bonds. The molecule has 1 aliphatic heterocycles. The molecule has 8 N–H and O–H groups in total. The molecule has 21 heteroatoms. The van der Waals surface area contributed by atoms with Crippen LogP contribution >= 0.6 is 23.5 Å². The maximum atomic E-state index is 12.3. The standard InChI is InChI=1S/C13H22N5O13P3/c1-2-3-6(29-33(24,25)31-34(26,27)30-32(21,22)23)10-8(19)9(20)13(28-10)18-5-17-7-11(14)15-4-16-12(7)18/h4-6,8-10,13,19-20H,2-3H2,1H3,(H,24,25)(H,26,27)(H2,14,15,16)(H2,21,22,23)/t6-,8-,9+,10+,13?/m0/s1. The van der Waals surface area contributed by atoms with Crippen molar-refractivity contribution in [3.05, 3.63) is 12.7 Å². The first-order valence-electron chi connectivity index (χ1n) is 9.41. The third-order valence-corrected chi connectivity index (χ3v) is 8.43. The predicted molar refractivity (Wildman–Crippen MR) is 109 cm³/mol. The third-order valence-electron chi connectivity index (χ3n) is 4.56. The molecule has 0 spiro atoms. The molecule has 18 nitrogen and oxygen atoms in total. The van der Waals surface area contributed by atoms with Crippen molar-refractivity contribution in [1.82, 2.24) is 19.5 Å². The second-order valence-electron chi connectivity index (χ2n) is 7.08. The number of phosphoric ester groups is 1. The second kappa shape index (κ2) is 9.95. The van der Waals surface area contributed by atoms with Crippen LogP contribution in [0.2, 0.25) is 0 Å². The summed E-state index contributed by atoms with van der Waals surface area (Å²) in [5, 5.41) is 21.1. The molecular formula is C13H22N5O13P3. The van der Waals surface area contributed by atoms with Gasteiger partial charge in [0, 0.05) is 0 Å². The SMILES string of the molecule is CCC[C@H](OP(=O)(O)OP(=O)(O)OP(=O)(O)O)[C@H]1OC(n2cnc3c(N)ncnc32)[C@H](O)[C@@H]1O. The summed E-state index contributed by atoms with van der Waals surface area (Å²) in [5.41, 5.74) is 6.07. The Morgan fingerprint density at radius 3 is 2.38 bits per heavy atom. The molecule has 0 saturated carbocycles. The fourth-order valence-electron chi connectivity index (χ4n) is 3.31. The van der Waals surface area contributed by atoms with E-state index in [0.29, 0.717) is 0 Å². The quantitative estimate of drug-likeness (QED) is 0.185. The molecule has 7 atom stereocenters. The summed E-state index contributed by atoms with van der Waals surface area (Å²) in [4.78, 5) is 48.3. The molecule has 0 bridgehead atoms. The molecular weight excluding hydrogens is 527 g/mol. The number of aliphatic hydroxyl groups excluding tert-OH is 2. The van der Waals surface area contributed by atoms with Crippen LogP contribution < -0.4 is 5.73 Å². The first kappa shape index (κ1) is 27.2. The van der Waals surface area contributed by atoms with Gasteiger partial charge >= 0.3 is 23.5 Å². The van der Waals surface area contributed by atoms with Crippen LogP contribution in [0.1, 0.15) is 26.0 Å². The van der Waals surface area contributed by atoms with Crippen LogP contribution in [0.15, 0.2) is 12.7 Å². The van der Waals surface area contributed by atoms with Gasteiger partial charge in [-0.1, -0.05) is 13.3 Å². The van der Waals surface area contributed by atoms with Gasteiger partial charge in [0.05, 0.1) is 12.4 Å². The monoisotopic (exact) mass is 549 g/mol. The Balaban J connectivity index is 1.82. The summed E-state index contributed by atoms with van der Waals surface area (Å²) >= 11 is 0. The molecule has 3 rings (SSSR count). The van der Waals surface area contributed by atoms with Gasteiger partial charge < -0.3 is 40.3 Å². The highest BCUT2D eigenvalue weighted by Crippen LogP contribution is 2.66. The van der Waals surface area contributed by atoms with Gasteiger partial charge in [-0.05, 0) is 6.42 Å². The lowest BCUT2D eigenvalue weighted by Crippen LogP contribution is -2.39. The van der Waals surface area contributed by atoms with Crippen LogP contribution in [0, 0.1) is 0 Å². The number of nitrogens with two attached hydrogens (primary N) is 1. The smallest absolute Gasteiger partial charge is 0.387 e. The summed E-state index contributed by atoms with van der Waals surface area (Å²) in [7, 11) is -16.8. The number of aliphatic hydroxyl groups is 2. The van der Waals surface area contributed by atoms with E-state index in [9.17, 15) is 33.7 Å². The predicted octanol–water partition coefficient (Wildman–Crippen LogP) is -0.460. The van der Waals surface area contributed by atoms with Crippen LogP contribution in [-0.4, -0.2) is 73.7 Å². The van der Waals surface area contributed by atoms with E-state index in [1.807, 2.05) is 0 Å². The van der Waals surface area contributed by atoms with Crippen LogP contribution in [0.4, 0.5) is 5.82 Å². The van der Waals surface area contributed by atoms with Gasteiger partial charge in [0.15, 0.2) is 17.7 Å². The Bertz CT molecular complexity index is 1170. The zero-order valence-corrected chi connectivity index (χ0v) is 19.9. The molecule has 34 heavy (non-hydrogen) atoms. The Kier molecular flexibility index (Phi) is 7.97. The van der Waals surface area contributed by atoms with E-state index in [0.717, 1.165) is 6.33 Å². The number of fused-ring (bicyclic) bond motifs is 1. The highest BCUT2D eigenvalue weighted by Gasteiger charge is 2.50. The van der Waals surface area contributed by atoms with Crippen LogP contribution in [0.25, 0.3) is 11.2 Å². The van der Waals surface area contributed by atoms with Crippen molar-refractivity contribution in [2.75, 3.05) is 5.73 Å². The Hall–Kier alpha value is -1.36. The fourth-order valence-corrected chi connectivity index (χ4v) is 6.54. The van der Waals surface area contributed by atoms with E-state index in [4.69, 9.17) is 24.8 Å². The average molecular weight is 549 g/mol. The van der Waals surface area contributed by atoms with E-state index < -0.39 is 54.1 Å². The first-order valence-corrected chi connectivity index (χ1v) is 13.9. The fraction of sp³-hybridized carbons (Fsp3) is 0.615. The number of ether oxygens (including phenoxy) is 1. The molecule has 0 radical (unpaired) electrons. The number of hydrogen-bond acceptors (Lipinski definition) is 13. The topological polar surface area (TPSA) is 279 Å². The molecule has 1 fully saturated rings. The van der Waals surface area contributed by atoms with E-state index in [1.165, 1.54) is 10.9 Å². The van der Waals surface area contributed by atoms with Crippen molar-refractivity contribution in [2.24, 2.45) is 0 Å². The van der Waals surface area contributed by atoms with Crippen LogP contribution in [0.5, 0.6) is 0 Å². The van der Waals surface area contributed by atoms with E-state index >= 15 is 0 Å². The minimum atomic E-state index is -5.75. The zero-order chi connectivity index (χ0) is 25.5. The van der Waals surface area contributed by atoms with Crippen molar-refractivity contribution in [1.29, 1.82) is 0 Å². The summed E-state index contributed by atoms with van der Waals surface area (Å²) in [6.45, 7) is 1.63. The molecule has 1 aliphatic rings. The molecule has 2 aromatic heterocycles. The second-order valence-corrected chi connectivity index (χ2v) is 11.5. The summed E-state index contributed by atoms with van der Waals surface area (Å²) in [5.74, 6) is 0.0462. The number of phosphoric acid groups is 3. The lowest BCUT2D eigenvalue weighted by molar-refractivity contribution is -0.0828. The molecule has 3 heterocycles. The molecule has 2 aromatic rings. The van der Waals surface area contributed by atoms with Crippen LogP contribution in [-0.2, 0) is 31.6 Å². The molecule has 1 saturated heterocycles. The lowest BCUT2D eigenvalue weighted by Gasteiger charge is -2.27. The van der Waals surface area contributed by atoms with Gasteiger partial charge in [-0.25, -0.2) is 28.6 Å². The number of imidazole rings is 1. The Morgan fingerprint density at radius 1 is 1.09 bits per heavy atom. The molecule has 0 aromatic carbocycles.